The minimum atomic E-state index is -2.15. The van der Waals surface area contributed by atoms with Gasteiger partial charge in [-0.25, -0.2) is 4.79 Å². The van der Waals surface area contributed by atoms with Gasteiger partial charge in [0.1, 0.15) is 5.75 Å². The van der Waals surface area contributed by atoms with E-state index in [9.17, 15) is 20.1 Å². The molecule has 42 heavy (non-hydrogen) atoms. The van der Waals surface area contributed by atoms with Crippen molar-refractivity contribution in [1.82, 2.24) is 4.90 Å². The zero-order chi connectivity index (χ0) is 29.6. The van der Waals surface area contributed by atoms with Crippen molar-refractivity contribution in [2.75, 3.05) is 38.2 Å². The van der Waals surface area contributed by atoms with Crippen molar-refractivity contribution >= 4 is 23.3 Å². The highest BCUT2D eigenvalue weighted by Crippen LogP contribution is 2.47. The number of ether oxygens (including phenoxy) is 1. The zero-order valence-electron chi connectivity index (χ0n) is 24.3. The summed E-state index contributed by atoms with van der Waals surface area (Å²) in [5, 5.41) is 33.8. The fraction of sp³-hybridized carbons (Fsp3) is 0.500. The molecular weight excluding hydrogens is 552 g/mol. The summed E-state index contributed by atoms with van der Waals surface area (Å²) in [6, 6.07) is 11.5. The number of anilines is 1. The van der Waals surface area contributed by atoms with Gasteiger partial charge in [0.15, 0.2) is 5.60 Å². The summed E-state index contributed by atoms with van der Waals surface area (Å²) >= 11 is 6.40. The second kappa shape index (κ2) is 11.3. The molecule has 0 amide bonds. The number of carboxylic acid groups (broad SMARTS) is 1. The molecule has 2 bridgehead atoms. The second-order valence-corrected chi connectivity index (χ2v) is 13.3. The summed E-state index contributed by atoms with van der Waals surface area (Å²) in [5.74, 6) is -0.200. The number of halogens is 1. The fourth-order valence-electron chi connectivity index (χ4n) is 7.46. The van der Waals surface area contributed by atoms with Gasteiger partial charge in [-0.15, -0.1) is 0 Å². The normalized spacial score (nSPS) is 32.2. The van der Waals surface area contributed by atoms with Gasteiger partial charge in [-0.05, 0) is 91.3 Å². The Balaban J connectivity index is 1.46. The lowest BCUT2D eigenvalue weighted by Crippen LogP contribution is -2.49. The van der Waals surface area contributed by atoms with Gasteiger partial charge < -0.3 is 29.9 Å². The molecule has 2 aliphatic carbocycles. The number of aryl methyl sites for hydroxylation is 1. The summed E-state index contributed by atoms with van der Waals surface area (Å²) in [7, 11) is 1.85. The number of aliphatic carboxylic acids is 1. The van der Waals surface area contributed by atoms with Crippen LogP contribution in [0.1, 0.15) is 55.2 Å². The maximum absolute atomic E-state index is 12.6. The van der Waals surface area contributed by atoms with E-state index in [0.717, 1.165) is 42.8 Å². The highest BCUT2D eigenvalue weighted by atomic mass is 35.5. The number of benzene rings is 2. The van der Waals surface area contributed by atoms with Crippen LogP contribution < -0.4 is 9.64 Å². The molecule has 0 unspecified atom stereocenters. The molecule has 3 N–H and O–H groups in total. The van der Waals surface area contributed by atoms with E-state index in [1.54, 1.807) is 12.1 Å². The maximum atomic E-state index is 12.6. The number of aliphatic hydroxyl groups excluding tert-OH is 1. The third kappa shape index (κ3) is 5.20. The predicted octanol–water partition coefficient (Wildman–Crippen LogP) is 5.27. The molecule has 0 radical (unpaired) electrons. The largest absolute Gasteiger partial charge is 0.490 e. The SMILES string of the molecule is C=C1C[C@@](O)(C(=O)O)c2ccc3c(c2)N(C[C@@H]2CC[C@H]2[C@@H](O)/C=C/CCN1C)C[C@@]1(CCCc2cc(Cl)ccc21)CO3. The van der Waals surface area contributed by atoms with Crippen molar-refractivity contribution in [3.63, 3.8) is 0 Å². The van der Waals surface area contributed by atoms with Crippen molar-refractivity contribution < 1.29 is 24.9 Å². The Hall–Kier alpha value is -3.00. The Bertz CT molecular complexity index is 1410. The highest BCUT2D eigenvalue weighted by molar-refractivity contribution is 6.30. The van der Waals surface area contributed by atoms with Gasteiger partial charge in [-0.2, -0.15) is 0 Å². The number of nitrogens with zero attached hydrogens (tertiary/aromatic N) is 2. The third-order valence-corrected chi connectivity index (χ3v) is 10.4. The molecule has 2 aliphatic heterocycles. The van der Waals surface area contributed by atoms with E-state index in [1.807, 2.05) is 36.2 Å². The molecule has 1 saturated carbocycles. The number of carbonyl (C=O) groups is 1. The van der Waals surface area contributed by atoms with E-state index in [-0.39, 0.29) is 23.7 Å². The smallest absolute Gasteiger partial charge is 0.340 e. The standard InChI is InChI=1S/C34H41ClN2O5/c1-22-18-34(41,32(39)40)25-9-13-31-29(17-25)37(19-24-8-11-27(24)30(38)7-3-4-15-36(22)2)20-33(21-42-31)14-5-6-23-16-26(35)10-12-28(23)33/h3,7,9-10,12-13,16-17,24,27,30,38,41H,1,4-6,8,11,14-15,18-21H2,2H3,(H,39,40)/b7-3+/t24-,27+,30-,33-,34-/m0/s1. The topological polar surface area (TPSA) is 93.5 Å². The first kappa shape index (κ1) is 29.1. The lowest BCUT2D eigenvalue weighted by atomic mass is 9.68. The quantitative estimate of drug-likeness (QED) is 0.389. The van der Waals surface area contributed by atoms with E-state index >= 15 is 0 Å². The van der Waals surface area contributed by atoms with Crippen LogP contribution in [0.5, 0.6) is 5.75 Å². The van der Waals surface area contributed by atoms with Crippen molar-refractivity contribution in [3.05, 3.63) is 82.5 Å². The molecule has 2 heterocycles. The van der Waals surface area contributed by atoms with Gasteiger partial charge in [0.25, 0.3) is 0 Å². The Labute approximate surface area is 253 Å². The van der Waals surface area contributed by atoms with Crippen LogP contribution in [-0.2, 0) is 22.2 Å². The van der Waals surface area contributed by atoms with Crippen LogP contribution in [0.4, 0.5) is 5.69 Å². The fourth-order valence-corrected chi connectivity index (χ4v) is 7.66. The van der Waals surface area contributed by atoms with Gasteiger partial charge in [-0.1, -0.05) is 42.5 Å². The van der Waals surface area contributed by atoms with Crippen molar-refractivity contribution in [3.8, 4) is 5.75 Å². The predicted molar refractivity (Wildman–Crippen MR) is 164 cm³/mol. The number of rotatable bonds is 1. The lowest BCUT2D eigenvalue weighted by Gasteiger charge is -2.45. The zero-order valence-corrected chi connectivity index (χ0v) is 25.0. The summed E-state index contributed by atoms with van der Waals surface area (Å²) in [6.07, 6.45) is 8.88. The Morgan fingerprint density at radius 1 is 1.19 bits per heavy atom. The molecular formula is C34H41ClN2O5. The Kier molecular flexibility index (Phi) is 7.79. The second-order valence-electron chi connectivity index (χ2n) is 12.8. The van der Waals surface area contributed by atoms with E-state index in [4.69, 9.17) is 16.3 Å². The van der Waals surface area contributed by atoms with Crippen LogP contribution in [0, 0.1) is 11.8 Å². The monoisotopic (exact) mass is 592 g/mol. The van der Waals surface area contributed by atoms with Crippen LogP contribution in [0.3, 0.4) is 0 Å². The average Bonchev–Trinajstić information content (AvgIpc) is 3.09. The summed E-state index contributed by atoms with van der Waals surface area (Å²) < 4.78 is 6.57. The molecule has 2 aromatic carbocycles. The third-order valence-electron chi connectivity index (χ3n) is 10.2. The van der Waals surface area contributed by atoms with Crippen LogP contribution in [0.15, 0.2) is 60.8 Å². The minimum absolute atomic E-state index is 0.145. The molecule has 224 valence electrons. The highest BCUT2D eigenvalue weighted by Gasteiger charge is 2.45. The van der Waals surface area contributed by atoms with E-state index in [1.165, 1.54) is 11.1 Å². The molecule has 0 saturated heterocycles. The van der Waals surface area contributed by atoms with Gasteiger partial charge in [0.2, 0.25) is 0 Å². The minimum Gasteiger partial charge on any atom is -0.490 e. The van der Waals surface area contributed by atoms with Crippen molar-refractivity contribution in [2.24, 2.45) is 11.8 Å². The average molecular weight is 593 g/mol. The molecule has 1 spiro atoms. The van der Waals surface area contributed by atoms with Gasteiger partial charge >= 0.3 is 5.97 Å². The van der Waals surface area contributed by atoms with Gasteiger partial charge in [0, 0.05) is 49.2 Å². The lowest BCUT2D eigenvalue weighted by molar-refractivity contribution is -0.160. The molecule has 0 aromatic heterocycles. The molecule has 5 atom stereocenters. The van der Waals surface area contributed by atoms with Gasteiger partial charge in [-0.3, -0.25) is 0 Å². The Morgan fingerprint density at radius 3 is 2.79 bits per heavy atom. The first-order valence-electron chi connectivity index (χ1n) is 15.1. The van der Waals surface area contributed by atoms with Crippen LogP contribution >= 0.6 is 11.6 Å². The van der Waals surface area contributed by atoms with Crippen molar-refractivity contribution in [1.29, 1.82) is 0 Å². The first-order chi connectivity index (χ1) is 20.1. The Morgan fingerprint density at radius 2 is 2.02 bits per heavy atom. The molecule has 4 aliphatic rings. The number of hydrogen-bond acceptors (Lipinski definition) is 6. The van der Waals surface area contributed by atoms with Gasteiger partial charge in [0.05, 0.1) is 18.4 Å². The van der Waals surface area contributed by atoms with Crippen LogP contribution in [0.25, 0.3) is 0 Å². The van der Waals surface area contributed by atoms with Crippen LogP contribution in [-0.4, -0.2) is 65.6 Å². The number of fused-ring (bicyclic) bond motifs is 4. The summed E-state index contributed by atoms with van der Waals surface area (Å²) in [6.45, 7) is 6.60. The molecule has 1 fully saturated rings. The molecule has 2 aromatic rings. The summed E-state index contributed by atoms with van der Waals surface area (Å²) in [5.41, 5.74) is 1.71. The van der Waals surface area contributed by atoms with Crippen molar-refractivity contribution in [2.45, 2.75) is 62.1 Å². The van der Waals surface area contributed by atoms with E-state index in [2.05, 4.69) is 23.6 Å². The first-order valence-corrected chi connectivity index (χ1v) is 15.5. The summed E-state index contributed by atoms with van der Waals surface area (Å²) in [4.78, 5) is 16.8. The molecule has 8 heteroatoms. The number of hydrogen-bond donors (Lipinski definition) is 3. The molecule has 7 nitrogen and oxygen atoms in total. The van der Waals surface area contributed by atoms with Crippen LogP contribution in [0.2, 0.25) is 5.02 Å². The maximum Gasteiger partial charge on any atom is 0.340 e. The number of carboxylic acids is 1. The van der Waals surface area contributed by atoms with E-state index < -0.39 is 17.7 Å². The number of aliphatic hydroxyl groups is 2. The molecule has 6 rings (SSSR count). The van der Waals surface area contributed by atoms with E-state index in [0.29, 0.717) is 49.7 Å².